The van der Waals surface area contributed by atoms with Crippen LogP contribution in [0.2, 0.25) is 0 Å². The monoisotopic (exact) mass is 371 g/mol. The quantitative estimate of drug-likeness (QED) is 0.424. The lowest BCUT2D eigenvalue weighted by atomic mass is 10.3. The Kier molecular flexibility index (Phi) is 3.47. The van der Waals surface area contributed by atoms with Crippen LogP contribution in [0.3, 0.4) is 0 Å². The van der Waals surface area contributed by atoms with E-state index in [9.17, 15) is 4.79 Å². The van der Waals surface area contributed by atoms with E-state index in [2.05, 4.69) is 50.2 Å². The number of aliphatic imine (C=N–C) groups is 1. The van der Waals surface area contributed by atoms with Crippen LogP contribution in [0.25, 0.3) is 0 Å². The van der Waals surface area contributed by atoms with Crippen molar-refractivity contribution >= 4 is 56.9 Å². The molecular weight excluding hydrogens is 368 g/mol. The second-order valence-corrected chi connectivity index (χ2v) is 4.21. The second kappa shape index (κ2) is 4.18. The maximum Gasteiger partial charge on any atom is 0.240 e. The van der Waals surface area contributed by atoms with Gasteiger partial charge in [0.05, 0.1) is 5.69 Å². The Balaban J connectivity index is 3.19. The summed E-state index contributed by atoms with van der Waals surface area (Å²) in [6, 6.07) is 5.66. The molecule has 0 aliphatic carbocycles. The van der Waals surface area contributed by atoms with E-state index in [-0.39, 0.29) is 0 Å². The van der Waals surface area contributed by atoms with E-state index in [1.54, 1.807) is 6.07 Å². The first-order valence-corrected chi connectivity index (χ1v) is 4.92. The lowest BCUT2D eigenvalue weighted by Gasteiger charge is -1.95. The molecule has 11 heavy (non-hydrogen) atoms. The van der Waals surface area contributed by atoms with Gasteiger partial charge in [0.1, 0.15) is 0 Å². The Hall–Kier alpha value is 0.0600. The van der Waals surface area contributed by atoms with Gasteiger partial charge in [-0.15, -0.1) is 0 Å². The number of halogens is 2. The van der Waals surface area contributed by atoms with Gasteiger partial charge in [0.25, 0.3) is 0 Å². The molecular formula is C7H3I2NO. The van der Waals surface area contributed by atoms with Crippen molar-refractivity contribution in [2.45, 2.75) is 0 Å². The van der Waals surface area contributed by atoms with Crippen LogP contribution in [0, 0.1) is 7.14 Å². The molecule has 0 saturated heterocycles. The largest absolute Gasteiger partial charge is 0.240 e. The maximum absolute atomic E-state index is 9.91. The number of hydrogen-bond donors (Lipinski definition) is 0. The van der Waals surface area contributed by atoms with Gasteiger partial charge in [-0.25, -0.2) is 4.79 Å². The molecule has 0 amide bonds. The zero-order valence-electron chi connectivity index (χ0n) is 5.34. The number of nitrogens with zero attached hydrogens (tertiary/aromatic N) is 1. The summed E-state index contributed by atoms with van der Waals surface area (Å²) in [6.45, 7) is 0. The Bertz CT molecular complexity index is 318. The van der Waals surface area contributed by atoms with Crippen molar-refractivity contribution in [1.29, 1.82) is 0 Å². The molecule has 1 rings (SSSR count). The molecule has 0 aliphatic rings. The summed E-state index contributed by atoms with van der Waals surface area (Å²) in [7, 11) is 0. The molecule has 0 fully saturated rings. The summed E-state index contributed by atoms with van der Waals surface area (Å²) in [6.07, 6.45) is 1.51. The predicted molar refractivity (Wildman–Crippen MR) is 59.7 cm³/mol. The summed E-state index contributed by atoms with van der Waals surface area (Å²) >= 11 is 4.34. The minimum Gasteiger partial charge on any atom is -0.211 e. The van der Waals surface area contributed by atoms with Gasteiger partial charge in [-0.3, -0.25) is 0 Å². The summed E-state index contributed by atoms with van der Waals surface area (Å²) in [5.41, 5.74) is 0.681. The first kappa shape index (κ1) is 9.15. The normalized spacial score (nSPS) is 8.91. The summed E-state index contributed by atoms with van der Waals surface area (Å²) in [4.78, 5) is 13.4. The van der Waals surface area contributed by atoms with Crippen LogP contribution >= 0.6 is 45.2 Å². The molecule has 4 heteroatoms. The molecule has 0 atom stereocenters. The van der Waals surface area contributed by atoms with Gasteiger partial charge in [0.15, 0.2) is 0 Å². The summed E-state index contributed by atoms with van der Waals surface area (Å²) in [5, 5.41) is 0. The van der Waals surface area contributed by atoms with Crippen LogP contribution in [-0.2, 0) is 4.79 Å². The molecule has 0 N–H and O–H groups in total. The molecule has 0 aliphatic heterocycles. The van der Waals surface area contributed by atoms with Crippen LogP contribution in [0.4, 0.5) is 5.69 Å². The SMILES string of the molecule is O=C=Nc1ccc(I)cc1I. The highest BCUT2D eigenvalue weighted by atomic mass is 127. The number of hydrogen-bond acceptors (Lipinski definition) is 2. The Morgan fingerprint density at radius 3 is 2.64 bits per heavy atom. The van der Waals surface area contributed by atoms with Crippen LogP contribution in [0.1, 0.15) is 0 Å². The van der Waals surface area contributed by atoms with E-state index in [0.29, 0.717) is 5.69 Å². The van der Waals surface area contributed by atoms with Gasteiger partial charge in [-0.05, 0) is 63.4 Å². The van der Waals surface area contributed by atoms with Gasteiger partial charge >= 0.3 is 0 Å². The molecule has 0 aromatic heterocycles. The highest BCUT2D eigenvalue weighted by Crippen LogP contribution is 2.22. The smallest absolute Gasteiger partial charge is 0.211 e. The third kappa shape index (κ3) is 2.53. The molecule has 0 unspecified atom stereocenters. The Morgan fingerprint density at radius 1 is 1.36 bits per heavy atom. The van der Waals surface area contributed by atoms with E-state index < -0.39 is 0 Å². The van der Waals surface area contributed by atoms with Gasteiger partial charge in [0.2, 0.25) is 6.08 Å². The average Bonchev–Trinajstić information content (AvgIpc) is 1.95. The number of carbonyl (C=O) groups excluding carboxylic acids is 1. The standard InChI is InChI=1S/C7H3I2NO/c8-5-1-2-7(10-4-11)6(9)3-5/h1-3H. The van der Waals surface area contributed by atoms with Crippen LogP contribution < -0.4 is 0 Å². The lowest BCUT2D eigenvalue weighted by molar-refractivity contribution is 0.565. The molecule has 0 heterocycles. The fraction of sp³-hybridized carbons (Fsp3) is 0. The predicted octanol–water partition coefficient (Wildman–Crippen LogP) is 2.86. The zero-order chi connectivity index (χ0) is 8.27. The second-order valence-electron chi connectivity index (χ2n) is 1.80. The third-order valence-electron chi connectivity index (χ3n) is 1.08. The maximum atomic E-state index is 9.91. The van der Waals surface area contributed by atoms with Crippen molar-refractivity contribution in [3.63, 3.8) is 0 Å². The van der Waals surface area contributed by atoms with Crippen LogP contribution in [0.15, 0.2) is 23.2 Å². The molecule has 1 aromatic rings. The Labute approximate surface area is 91.4 Å². The highest BCUT2D eigenvalue weighted by molar-refractivity contribution is 14.1. The molecule has 0 bridgehead atoms. The lowest BCUT2D eigenvalue weighted by Crippen LogP contribution is -1.75. The zero-order valence-corrected chi connectivity index (χ0v) is 9.66. The molecule has 0 saturated carbocycles. The fourth-order valence-electron chi connectivity index (χ4n) is 0.621. The van der Waals surface area contributed by atoms with Gasteiger partial charge in [-0.2, -0.15) is 4.99 Å². The third-order valence-corrected chi connectivity index (χ3v) is 2.61. The highest BCUT2D eigenvalue weighted by Gasteiger charge is 1.96. The first-order chi connectivity index (χ1) is 5.24. The van der Waals surface area contributed by atoms with Crippen LogP contribution in [-0.4, -0.2) is 6.08 Å². The molecule has 56 valence electrons. The van der Waals surface area contributed by atoms with Gasteiger partial charge < -0.3 is 0 Å². The van der Waals surface area contributed by atoms with E-state index in [0.717, 1.165) is 7.14 Å². The molecule has 0 radical (unpaired) electrons. The van der Waals surface area contributed by atoms with Crippen molar-refractivity contribution in [3.8, 4) is 0 Å². The van der Waals surface area contributed by atoms with E-state index in [1.165, 1.54) is 6.08 Å². The summed E-state index contributed by atoms with van der Waals surface area (Å²) in [5.74, 6) is 0. The molecule has 1 aromatic carbocycles. The van der Waals surface area contributed by atoms with Gasteiger partial charge in [0, 0.05) is 7.14 Å². The van der Waals surface area contributed by atoms with Crippen molar-refractivity contribution in [1.82, 2.24) is 0 Å². The minimum atomic E-state index is 0.681. The van der Waals surface area contributed by atoms with Gasteiger partial charge in [-0.1, -0.05) is 0 Å². The van der Waals surface area contributed by atoms with Crippen molar-refractivity contribution in [2.24, 2.45) is 4.99 Å². The molecule has 2 nitrogen and oxygen atoms in total. The summed E-state index contributed by atoms with van der Waals surface area (Å²) < 4.78 is 2.11. The average molecular weight is 371 g/mol. The van der Waals surface area contributed by atoms with E-state index in [4.69, 9.17) is 0 Å². The van der Waals surface area contributed by atoms with Crippen molar-refractivity contribution in [2.75, 3.05) is 0 Å². The number of rotatable bonds is 1. The Morgan fingerprint density at radius 2 is 2.09 bits per heavy atom. The topological polar surface area (TPSA) is 29.4 Å². The fourth-order valence-corrected chi connectivity index (χ4v) is 2.34. The number of isocyanates is 1. The minimum absolute atomic E-state index is 0.681. The van der Waals surface area contributed by atoms with Crippen molar-refractivity contribution < 1.29 is 4.79 Å². The van der Waals surface area contributed by atoms with E-state index in [1.807, 2.05) is 12.1 Å². The van der Waals surface area contributed by atoms with Crippen LogP contribution in [0.5, 0.6) is 0 Å². The first-order valence-electron chi connectivity index (χ1n) is 2.77. The molecule has 0 spiro atoms. The van der Waals surface area contributed by atoms with E-state index >= 15 is 0 Å². The number of benzene rings is 1. The van der Waals surface area contributed by atoms with Crippen molar-refractivity contribution in [3.05, 3.63) is 25.3 Å².